The first-order valence-electron chi connectivity index (χ1n) is 9.30. The summed E-state index contributed by atoms with van der Waals surface area (Å²) in [6.45, 7) is 6.21. The molecule has 1 atom stereocenters. The number of anilines is 1. The maximum Gasteiger partial charge on any atom is 0.253 e. The third-order valence-corrected chi connectivity index (χ3v) is 5.34. The van der Waals surface area contributed by atoms with Gasteiger partial charge in [-0.1, -0.05) is 25.4 Å². The fraction of sp³-hybridized carbons (Fsp3) is 0.500. The average Bonchev–Trinajstić information content (AvgIpc) is 3.06. The quantitative estimate of drug-likeness (QED) is 0.853. The van der Waals surface area contributed by atoms with Crippen molar-refractivity contribution in [3.63, 3.8) is 0 Å². The minimum atomic E-state index is -0.169. The molecule has 140 valence electrons. The molecule has 1 unspecified atom stereocenters. The zero-order valence-corrected chi connectivity index (χ0v) is 16.5. The van der Waals surface area contributed by atoms with Gasteiger partial charge in [-0.05, 0) is 43.4 Å². The van der Waals surface area contributed by atoms with E-state index in [4.69, 9.17) is 11.6 Å². The first-order chi connectivity index (χ1) is 12.5. The summed E-state index contributed by atoms with van der Waals surface area (Å²) in [7, 11) is 1.94. The Bertz CT molecular complexity index is 765. The molecule has 3 rings (SSSR count). The summed E-state index contributed by atoms with van der Waals surface area (Å²) in [6.07, 6.45) is 7.30. The second-order valence-corrected chi connectivity index (χ2v) is 7.71. The summed E-state index contributed by atoms with van der Waals surface area (Å²) in [4.78, 5) is 19.7. The van der Waals surface area contributed by atoms with Crippen molar-refractivity contribution in [3.8, 4) is 0 Å². The Labute approximate surface area is 160 Å². The normalized spacial score (nSPS) is 16.0. The van der Waals surface area contributed by atoms with Gasteiger partial charge in [0.05, 0.1) is 16.6 Å². The van der Waals surface area contributed by atoms with E-state index in [0.29, 0.717) is 10.6 Å². The largest absolute Gasteiger partial charge is 0.372 e. The van der Waals surface area contributed by atoms with Crippen LogP contribution in [0.5, 0.6) is 0 Å². The molecule has 1 amide bonds. The van der Waals surface area contributed by atoms with Gasteiger partial charge in [-0.2, -0.15) is 0 Å². The number of aryl methyl sites for hydroxylation is 1. The van der Waals surface area contributed by atoms with E-state index in [0.717, 1.165) is 24.6 Å². The molecule has 1 saturated heterocycles. The molecule has 26 heavy (non-hydrogen) atoms. The van der Waals surface area contributed by atoms with E-state index in [-0.39, 0.29) is 17.9 Å². The molecule has 1 aromatic carbocycles. The third kappa shape index (κ3) is 4.04. The van der Waals surface area contributed by atoms with Gasteiger partial charge in [-0.3, -0.25) is 4.79 Å². The number of amides is 1. The van der Waals surface area contributed by atoms with E-state index >= 15 is 0 Å². The lowest BCUT2D eigenvalue weighted by Gasteiger charge is -2.29. The van der Waals surface area contributed by atoms with Gasteiger partial charge in [0, 0.05) is 38.2 Å². The number of benzene rings is 1. The van der Waals surface area contributed by atoms with Crippen molar-refractivity contribution in [1.29, 1.82) is 0 Å². The molecule has 2 heterocycles. The van der Waals surface area contributed by atoms with Crippen LogP contribution in [0.2, 0.25) is 5.02 Å². The van der Waals surface area contributed by atoms with Crippen molar-refractivity contribution >= 4 is 23.2 Å². The average molecular weight is 375 g/mol. The lowest BCUT2D eigenvalue weighted by molar-refractivity contribution is 0.0922. The minimum absolute atomic E-state index is 0.157. The van der Waals surface area contributed by atoms with Gasteiger partial charge in [-0.15, -0.1) is 0 Å². The standard InChI is InChI=1S/C20H27ClN4O/c1-14(2)18(19-22-9-12-24(19)3)23-20(26)16-13-15(7-8-17(16)21)25-10-5-4-6-11-25/h7-9,12-14,18H,4-6,10-11H2,1-3H3,(H,23,26). The molecule has 2 aromatic rings. The van der Waals surface area contributed by atoms with E-state index in [1.54, 1.807) is 6.20 Å². The third-order valence-electron chi connectivity index (χ3n) is 5.01. The zero-order chi connectivity index (χ0) is 18.7. The number of rotatable bonds is 5. The highest BCUT2D eigenvalue weighted by molar-refractivity contribution is 6.34. The molecule has 0 bridgehead atoms. The second-order valence-electron chi connectivity index (χ2n) is 7.30. The molecule has 0 radical (unpaired) electrons. The van der Waals surface area contributed by atoms with Crippen LogP contribution in [-0.4, -0.2) is 28.5 Å². The van der Waals surface area contributed by atoms with Crippen LogP contribution < -0.4 is 10.2 Å². The molecule has 0 saturated carbocycles. The molecule has 0 spiro atoms. The Morgan fingerprint density at radius 2 is 1.96 bits per heavy atom. The van der Waals surface area contributed by atoms with Crippen LogP contribution >= 0.6 is 11.6 Å². The molecule has 1 fully saturated rings. The van der Waals surface area contributed by atoms with Gasteiger partial charge in [0.15, 0.2) is 0 Å². The molecule has 6 heteroatoms. The van der Waals surface area contributed by atoms with Crippen LogP contribution in [0, 0.1) is 5.92 Å². The number of imidazole rings is 1. The first-order valence-corrected chi connectivity index (χ1v) is 9.67. The van der Waals surface area contributed by atoms with Crippen molar-refractivity contribution in [2.24, 2.45) is 13.0 Å². The lowest BCUT2D eigenvalue weighted by Crippen LogP contribution is -2.34. The summed E-state index contributed by atoms with van der Waals surface area (Å²) in [5, 5.41) is 3.60. The molecule has 1 aliphatic heterocycles. The number of carbonyl (C=O) groups excluding carboxylic acids is 1. The summed E-state index contributed by atoms with van der Waals surface area (Å²) >= 11 is 6.35. The van der Waals surface area contributed by atoms with Crippen LogP contribution in [0.1, 0.15) is 55.3 Å². The highest BCUT2D eigenvalue weighted by Gasteiger charge is 2.24. The fourth-order valence-electron chi connectivity index (χ4n) is 3.46. The van der Waals surface area contributed by atoms with Gasteiger partial charge in [0.1, 0.15) is 5.82 Å². The maximum absolute atomic E-state index is 13.0. The fourth-order valence-corrected chi connectivity index (χ4v) is 3.66. The van der Waals surface area contributed by atoms with Crippen LogP contribution in [0.3, 0.4) is 0 Å². The summed E-state index contributed by atoms with van der Waals surface area (Å²) in [5.41, 5.74) is 1.59. The van der Waals surface area contributed by atoms with E-state index in [2.05, 4.69) is 29.0 Å². The molecular weight excluding hydrogens is 348 g/mol. The van der Waals surface area contributed by atoms with Crippen molar-refractivity contribution in [1.82, 2.24) is 14.9 Å². The van der Waals surface area contributed by atoms with Crippen molar-refractivity contribution in [3.05, 3.63) is 47.0 Å². The number of carbonyl (C=O) groups is 1. The molecule has 1 N–H and O–H groups in total. The van der Waals surface area contributed by atoms with Crippen LogP contribution in [0.4, 0.5) is 5.69 Å². The molecule has 1 aromatic heterocycles. The van der Waals surface area contributed by atoms with Gasteiger partial charge in [0.2, 0.25) is 0 Å². The van der Waals surface area contributed by atoms with Crippen LogP contribution in [0.25, 0.3) is 0 Å². The molecular formula is C20H27ClN4O. The van der Waals surface area contributed by atoms with Crippen molar-refractivity contribution in [2.45, 2.75) is 39.2 Å². The number of nitrogens with zero attached hydrogens (tertiary/aromatic N) is 3. The van der Waals surface area contributed by atoms with Crippen LogP contribution in [-0.2, 0) is 7.05 Å². The smallest absolute Gasteiger partial charge is 0.253 e. The first kappa shape index (κ1) is 18.8. The Balaban J connectivity index is 1.83. The predicted molar refractivity (Wildman–Crippen MR) is 106 cm³/mol. The number of halogens is 1. The Hall–Kier alpha value is -2.01. The topological polar surface area (TPSA) is 50.2 Å². The van der Waals surface area contributed by atoms with Crippen molar-refractivity contribution < 1.29 is 4.79 Å². The number of hydrogen-bond donors (Lipinski definition) is 1. The van der Waals surface area contributed by atoms with Gasteiger partial charge in [-0.25, -0.2) is 4.98 Å². The Morgan fingerprint density at radius 3 is 2.58 bits per heavy atom. The summed E-state index contributed by atoms with van der Waals surface area (Å²) in [5.74, 6) is 0.899. The molecule has 0 aliphatic carbocycles. The predicted octanol–water partition coefficient (Wildman–Crippen LogP) is 4.19. The number of piperidine rings is 1. The lowest BCUT2D eigenvalue weighted by atomic mass is 10.0. The number of hydrogen-bond acceptors (Lipinski definition) is 3. The summed E-state index contributed by atoms with van der Waals surface area (Å²) < 4.78 is 1.94. The van der Waals surface area contributed by atoms with E-state index in [1.807, 2.05) is 36.0 Å². The highest BCUT2D eigenvalue weighted by Crippen LogP contribution is 2.27. The molecule has 1 aliphatic rings. The second kappa shape index (κ2) is 8.12. The van der Waals surface area contributed by atoms with Crippen LogP contribution in [0.15, 0.2) is 30.6 Å². The van der Waals surface area contributed by atoms with E-state index in [9.17, 15) is 4.79 Å². The maximum atomic E-state index is 13.0. The summed E-state index contributed by atoms with van der Waals surface area (Å²) in [6, 6.07) is 5.57. The Kier molecular flexibility index (Phi) is 5.87. The van der Waals surface area contributed by atoms with Crippen molar-refractivity contribution in [2.75, 3.05) is 18.0 Å². The number of nitrogens with one attached hydrogen (secondary N) is 1. The van der Waals surface area contributed by atoms with E-state index < -0.39 is 0 Å². The van der Waals surface area contributed by atoms with E-state index in [1.165, 1.54) is 19.3 Å². The Morgan fingerprint density at radius 1 is 1.23 bits per heavy atom. The zero-order valence-electron chi connectivity index (χ0n) is 15.7. The van der Waals surface area contributed by atoms with Gasteiger partial charge < -0.3 is 14.8 Å². The monoisotopic (exact) mass is 374 g/mol. The van der Waals surface area contributed by atoms with Gasteiger partial charge >= 0.3 is 0 Å². The molecule has 5 nitrogen and oxygen atoms in total. The SMILES string of the molecule is CC(C)C(NC(=O)c1cc(N2CCCCC2)ccc1Cl)c1nccn1C. The number of aromatic nitrogens is 2. The van der Waals surface area contributed by atoms with Gasteiger partial charge in [0.25, 0.3) is 5.91 Å². The minimum Gasteiger partial charge on any atom is -0.372 e. The highest BCUT2D eigenvalue weighted by atomic mass is 35.5.